The summed E-state index contributed by atoms with van der Waals surface area (Å²) >= 11 is 0. The SMILES string of the molecule is CCCCCCN1CCC(N=O)C1. The van der Waals surface area contributed by atoms with E-state index in [2.05, 4.69) is 17.0 Å². The molecule has 0 aromatic carbocycles. The Balaban J connectivity index is 2.00. The van der Waals surface area contributed by atoms with Crippen LogP contribution in [0.15, 0.2) is 5.18 Å². The Labute approximate surface area is 80.5 Å². The Morgan fingerprint density at radius 3 is 2.85 bits per heavy atom. The fourth-order valence-corrected chi connectivity index (χ4v) is 1.86. The minimum atomic E-state index is 0.0752. The number of rotatable bonds is 6. The molecule has 1 rings (SSSR count). The summed E-state index contributed by atoms with van der Waals surface area (Å²) < 4.78 is 0. The van der Waals surface area contributed by atoms with Crippen LogP contribution in [-0.4, -0.2) is 30.6 Å². The lowest BCUT2D eigenvalue weighted by Gasteiger charge is -2.13. The normalized spacial score (nSPS) is 23.6. The summed E-state index contributed by atoms with van der Waals surface area (Å²) in [7, 11) is 0. The van der Waals surface area contributed by atoms with Gasteiger partial charge in [-0.2, -0.15) is 4.91 Å². The van der Waals surface area contributed by atoms with Gasteiger partial charge in [-0.15, -0.1) is 0 Å². The van der Waals surface area contributed by atoms with Crippen molar-refractivity contribution in [3.63, 3.8) is 0 Å². The van der Waals surface area contributed by atoms with Crippen molar-refractivity contribution in [2.24, 2.45) is 5.18 Å². The highest BCUT2D eigenvalue weighted by molar-refractivity contribution is 4.79. The number of nitrogens with zero attached hydrogens (tertiary/aromatic N) is 2. The van der Waals surface area contributed by atoms with Crippen LogP contribution in [-0.2, 0) is 0 Å². The molecule has 0 aromatic rings. The maximum atomic E-state index is 10.3. The minimum Gasteiger partial charge on any atom is -0.301 e. The first-order valence-electron chi connectivity index (χ1n) is 5.41. The van der Waals surface area contributed by atoms with Crippen molar-refractivity contribution < 1.29 is 0 Å². The van der Waals surface area contributed by atoms with Crippen molar-refractivity contribution in [2.45, 2.75) is 45.1 Å². The zero-order valence-corrected chi connectivity index (χ0v) is 8.54. The Bertz CT molecular complexity index is 150. The molecular weight excluding hydrogens is 164 g/mol. The third-order valence-electron chi connectivity index (χ3n) is 2.72. The molecule has 1 atom stereocenters. The zero-order chi connectivity index (χ0) is 9.52. The molecule has 0 aliphatic carbocycles. The van der Waals surface area contributed by atoms with Gasteiger partial charge in [0.2, 0.25) is 0 Å². The summed E-state index contributed by atoms with van der Waals surface area (Å²) in [5.74, 6) is 0. The van der Waals surface area contributed by atoms with Gasteiger partial charge in [-0.05, 0) is 19.4 Å². The second kappa shape index (κ2) is 6.08. The van der Waals surface area contributed by atoms with E-state index in [4.69, 9.17) is 0 Å². The Kier molecular flexibility index (Phi) is 4.98. The molecule has 1 aliphatic rings. The average molecular weight is 184 g/mol. The van der Waals surface area contributed by atoms with E-state index in [1.54, 1.807) is 0 Å². The van der Waals surface area contributed by atoms with Crippen LogP contribution in [0.3, 0.4) is 0 Å². The molecule has 0 N–H and O–H groups in total. The highest BCUT2D eigenvalue weighted by Gasteiger charge is 2.21. The van der Waals surface area contributed by atoms with E-state index in [9.17, 15) is 4.91 Å². The lowest BCUT2D eigenvalue weighted by atomic mass is 10.2. The standard InChI is InChI=1S/C10H20N2O/c1-2-3-4-5-7-12-8-6-10(9-12)11-13/h10H,2-9H2,1H3. The molecule has 3 nitrogen and oxygen atoms in total. The molecule has 1 aliphatic heterocycles. The maximum absolute atomic E-state index is 10.3. The van der Waals surface area contributed by atoms with Crippen molar-refractivity contribution in [3.8, 4) is 0 Å². The fourth-order valence-electron chi connectivity index (χ4n) is 1.86. The van der Waals surface area contributed by atoms with E-state index in [1.807, 2.05) is 0 Å². The smallest absolute Gasteiger partial charge is 0.106 e. The molecule has 1 unspecified atom stereocenters. The van der Waals surface area contributed by atoms with E-state index < -0.39 is 0 Å². The number of hydrogen-bond donors (Lipinski definition) is 0. The lowest BCUT2D eigenvalue weighted by molar-refractivity contribution is 0.324. The molecule has 76 valence electrons. The van der Waals surface area contributed by atoms with Crippen molar-refractivity contribution in [1.82, 2.24) is 4.90 Å². The van der Waals surface area contributed by atoms with Crippen LogP contribution in [0, 0.1) is 4.91 Å². The number of hydrogen-bond acceptors (Lipinski definition) is 3. The van der Waals surface area contributed by atoms with Gasteiger partial charge in [-0.3, -0.25) is 0 Å². The summed E-state index contributed by atoms with van der Waals surface area (Å²) in [4.78, 5) is 12.6. The molecule has 1 saturated heterocycles. The monoisotopic (exact) mass is 184 g/mol. The van der Waals surface area contributed by atoms with E-state index >= 15 is 0 Å². The van der Waals surface area contributed by atoms with Gasteiger partial charge in [0.1, 0.15) is 6.04 Å². The first-order valence-corrected chi connectivity index (χ1v) is 5.41. The topological polar surface area (TPSA) is 32.7 Å². The molecule has 0 saturated carbocycles. The van der Waals surface area contributed by atoms with Crippen LogP contribution < -0.4 is 0 Å². The van der Waals surface area contributed by atoms with Gasteiger partial charge in [-0.25, -0.2) is 0 Å². The number of unbranched alkanes of at least 4 members (excludes halogenated alkanes) is 3. The van der Waals surface area contributed by atoms with Gasteiger partial charge < -0.3 is 4.90 Å². The quantitative estimate of drug-likeness (QED) is 0.469. The summed E-state index contributed by atoms with van der Waals surface area (Å²) in [6, 6.07) is 0.0752. The minimum absolute atomic E-state index is 0.0752. The fraction of sp³-hybridized carbons (Fsp3) is 1.00. The van der Waals surface area contributed by atoms with E-state index in [-0.39, 0.29) is 6.04 Å². The number of likely N-dealkylation sites (tertiary alicyclic amines) is 1. The Hall–Kier alpha value is -0.440. The molecular formula is C10H20N2O. The van der Waals surface area contributed by atoms with Gasteiger partial charge in [0, 0.05) is 13.1 Å². The Morgan fingerprint density at radius 1 is 1.38 bits per heavy atom. The highest BCUT2D eigenvalue weighted by Crippen LogP contribution is 2.13. The van der Waals surface area contributed by atoms with Crippen molar-refractivity contribution in [1.29, 1.82) is 0 Å². The van der Waals surface area contributed by atoms with Gasteiger partial charge in [0.15, 0.2) is 0 Å². The largest absolute Gasteiger partial charge is 0.301 e. The predicted octanol–water partition coefficient (Wildman–Crippen LogP) is 2.41. The van der Waals surface area contributed by atoms with Gasteiger partial charge in [-0.1, -0.05) is 31.4 Å². The van der Waals surface area contributed by atoms with Crippen LogP contribution in [0.5, 0.6) is 0 Å². The van der Waals surface area contributed by atoms with E-state index in [1.165, 1.54) is 25.7 Å². The van der Waals surface area contributed by atoms with Crippen LogP contribution in [0.4, 0.5) is 0 Å². The molecule has 0 spiro atoms. The van der Waals surface area contributed by atoms with Gasteiger partial charge >= 0.3 is 0 Å². The molecule has 1 fully saturated rings. The third-order valence-corrected chi connectivity index (χ3v) is 2.72. The molecule has 3 heteroatoms. The molecule has 13 heavy (non-hydrogen) atoms. The second-order valence-electron chi connectivity index (χ2n) is 3.91. The van der Waals surface area contributed by atoms with Crippen LogP contribution >= 0.6 is 0 Å². The Morgan fingerprint density at radius 2 is 2.23 bits per heavy atom. The molecule has 0 bridgehead atoms. The molecule has 0 radical (unpaired) electrons. The van der Waals surface area contributed by atoms with Crippen LogP contribution in [0.25, 0.3) is 0 Å². The van der Waals surface area contributed by atoms with Crippen molar-refractivity contribution in [3.05, 3.63) is 4.91 Å². The summed E-state index contributed by atoms with van der Waals surface area (Å²) in [6.07, 6.45) is 6.20. The van der Waals surface area contributed by atoms with Crippen LogP contribution in [0.1, 0.15) is 39.0 Å². The molecule has 0 amide bonds. The number of nitroso groups, excluding NO2 is 1. The predicted molar refractivity (Wildman–Crippen MR) is 54.8 cm³/mol. The molecule has 1 heterocycles. The van der Waals surface area contributed by atoms with Gasteiger partial charge in [0.25, 0.3) is 0 Å². The van der Waals surface area contributed by atoms with Crippen molar-refractivity contribution >= 4 is 0 Å². The van der Waals surface area contributed by atoms with Crippen molar-refractivity contribution in [2.75, 3.05) is 19.6 Å². The van der Waals surface area contributed by atoms with Gasteiger partial charge in [0.05, 0.1) is 0 Å². The second-order valence-corrected chi connectivity index (χ2v) is 3.91. The maximum Gasteiger partial charge on any atom is 0.106 e. The average Bonchev–Trinajstić information content (AvgIpc) is 2.60. The van der Waals surface area contributed by atoms with Crippen LogP contribution in [0.2, 0.25) is 0 Å². The summed E-state index contributed by atoms with van der Waals surface area (Å²) in [5.41, 5.74) is 0. The first kappa shape index (κ1) is 10.6. The summed E-state index contributed by atoms with van der Waals surface area (Å²) in [5, 5.41) is 3.09. The molecule has 0 aromatic heterocycles. The zero-order valence-electron chi connectivity index (χ0n) is 8.54. The summed E-state index contributed by atoms with van der Waals surface area (Å²) in [6.45, 7) is 5.35. The van der Waals surface area contributed by atoms with E-state index in [0.29, 0.717) is 0 Å². The lowest BCUT2D eigenvalue weighted by Crippen LogP contribution is -2.22. The third kappa shape index (κ3) is 3.85. The highest BCUT2D eigenvalue weighted by atomic mass is 16.3. The first-order chi connectivity index (χ1) is 6.36. The van der Waals surface area contributed by atoms with E-state index in [0.717, 1.165) is 26.1 Å².